The van der Waals surface area contributed by atoms with Gasteiger partial charge in [-0.1, -0.05) is 0 Å². The van der Waals surface area contributed by atoms with Gasteiger partial charge in [-0.2, -0.15) is 0 Å². The third-order valence-electron chi connectivity index (χ3n) is 4.33. The van der Waals surface area contributed by atoms with Crippen molar-refractivity contribution in [3.63, 3.8) is 0 Å². The maximum atomic E-state index is 11.0. The summed E-state index contributed by atoms with van der Waals surface area (Å²) in [5.74, 6) is 5.01. The molecule has 5 heteroatoms. The first-order chi connectivity index (χ1) is 8.70. The molecule has 5 nitrogen and oxygen atoms in total. The Morgan fingerprint density at radius 2 is 2.22 bits per heavy atom. The first kappa shape index (κ1) is 13.8. The van der Waals surface area contributed by atoms with Gasteiger partial charge in [0.25, 0.3) is 0 Å². The summed E-state index contributed by atoms with van der Waals surface area (Å²) in [5, 5.41) is 0. The zero-order valence-electron chi connectivity index (χ0n) is 11.4. The van der Waals surface area contributed by atoms with Crippen molar-refractivity contribution >= 4 is 5.91 Å². The molecule has 2 heterocycles. The molecule has 0 aliphatic carbocycles. The molecule has 2 aliphatic heterocycles. The van der Waals surface area contributed by atoms with Gasteiger partial charge in [0.05, 0.1) is 0 Å². The van der Waals surface area contributed by atoms with E-state index in [2.05, 4.69) is 22.1 Å². The number of fused-ring (bicyclic) bond motifs is 1. The average Bonchev–Trinajstić information content (AvgIpc) is 2.81. The van der Waals surface area contributed by atoms with Gasteiger partial charge in [0.1, 0.15) is 0 Å². The molecule has 2 rings (SSSR count). The Labute approximate surface area is 110 Å². The Hall–Kier alpha value is -0.650. The molecule has 2 aliphatic rings. The van der Waals surface area contributed by atoms with Gasteiger partial charge in [-0.3, -0.25) is 20.0 Å². The van der Waals surface area contributed by atoms with Crippen LogP contribution in [0.2, 0.25) is 0 Å². The summed E-state index contributed by atoms with van der Waals surface area (Å²) in [5.41, 5.74) is 2.18. The minimum absolute atomic E-state index is 0.0522. The Bertz CT molecular complexity index is 284. The van der Waals surface area contributed by atoms with Crippen LogP contribution in [-0.2, 0) is 4.79 Å². The smallest absolute Gasteiger partial charge is 0.233 e. The van der Waals surface area contributed by atoms with Crippen molar-refractivity contribution in [1.29, 1.82) is 0 Å². The fourth-order valence-electron chi connectivity index (χ4n) is 3.23. The number of rotatable bonds is 5. The molecule has 0 bridgehead atoms. The van der Waals surface area contributed by atoms with Gasteiger partial charge in [-0.25, -0.2) is 5.84 Å². The van der Waals surface area contributed by atoms with Crippen LogP contribution in [0.25, 0.3) is 0 Å². The molecule has 1 amide bonds. The summed E-state index contributed by atoms with van der Waals surface area (Å²) < 4.78 is 0. The number of nitrogens with two attached hydrogens (primary N) is 1. The quantitative estimate of drug-likeness (QED) is 0.321. The third-order valence-corrected chi connectivity index (χ3v) is 4.33. The van der Waals surface area contributed by atoms with Crippen LogP contribution in [0.15, 0.2) is 0 Å². The molecule has 0 aromatic rings. The van der Waals surface area contributed by atoms with Crippen molar-refractivity contribution < 1.29 is 4.79 Å². The van der Waals surface area contributed by atoms with Crippen LogP contribution in [0.5, 0.6) is 0 Å². The lowest BCUT2D eigenvalue weighted by molar-refractivity contribution is -0.121. The molecule has 104 valence electrons. The van der Waals surface area contributed by atoms with E-state index < -0.39 is 0 Å². The third kappa shape index (κ3) is 3.43. The Kier molecular flexibility index (Phi) is 4.97. The predicted octanol–water partition coefficient (Wildman–Crippen LogP) is 0.315. The second-order valence-corrected chi connectivity index (χ2v) is 5.66. The number of nitrogens with zero attached hydrogens (tertiary/aromatic N) is 2. The summed E-state index contributed by atoms with van der Waals surface area (Å²) >= 11 is 0. The van der Waals surface area contributed by atoms with E-state index in [1.165, 1.54) is 32.5 Å². The summed E-state index contributed by atoms with van der Waals surface area (Å²) in [6, 6.07) is 1.44. The first-order valence-electron chi connectivity index (χ1n) is 7.18. The second kappa shape index (κ2) is 6.50. The SMILES string of the molecule is CC1CN2CCCC2CN1CCCCC(=O)NN. The highest BCUT2D eigenvalue weighted by Gasteiger charge is 2.33. The van der Waals surface area contributed by atoms with Crippen LogP contribution < -0.4 is 11.3 Å². The van der Waals surface area contributed by atoms with Crippen LogP contribution in [0.4, 0.5) is 0 Å². The van der Waals surface area contributed by atoms with E-state index in [0.717, 1.165) is 25.4 Å². The molecule has 0 radical (unpaired) electrons. The summed E-state index contributed by atoms with van der Waals surface area (Å²) in [6.07, 6.45) is 5.29. The minimum Gasteiger partial charge on any atom is -0.298 e. The largest absolute Gasteiger partial charge is 0.298 e. The molecule has 2 atom stereocenters. The monoisotopic (exact) mass is 254 g/mol. The number of hydrazine groups is 1. The minimum atomic E-state index is -0.0522. The number of hydrogen-bond acceptors (Lipinski definition) is 4. The molecule has 0 aromatic carbocycles. The van der Waals surface area contributed by atoms with Crippen LogP contribution in [0.1, 0.15) is 39.0 Å². The van der Waals surface area contributed by atoms with Crippen molar-refractivity contribution in [2.75, 3.05) is 26.2 Å². The molecular weight excluding hydrogens is 228 g/mol. The van der Waals surface area contributed by atoms with Crippen molar-refractivity contribution in [3.8, 4) is 0 Å². The maximum Gasteiger partial charge on any atom is 0.233 e. The number of unbranched alkanes of at least 4 members (excludes halogenated alkanes) is 1. The van der Waals surface area contributed by atoms with Gasteiger partial charge in [0, 0.05) is 31.6 Å². The summed E-state index contributed by atoms with van der Waals surface area (Å²) in [4.78, 5) is 16.3. The lowest BCUT2D eigenvalue weighted by Crippen LogP contribution is -2.55. The molecule has 18 heavy (non-hydrogen) atoms. The lowest BCUT2D eigenvalue weighted by Gasteiger charge is -2.42. The fourth-order valence-corrected chi connectivity index (χ4v) is 3.23. The maximum absolute atomic E-state index is 11.0. The topological polar surface area (TPSA) is 61.6 Å². The standard InChI is InChI=1S/C13H26N4O/c1-11-9-17-8-4-5-12(17)10-16(11)7-3-2-6-13(18)15-14/h11-12H,2-10,14H2,1H3,(H,15,18). The van der Waals surface area contributed by atoms with Crippen LogP contribution in [0, 0.1) is 0 Å². The number of carbonyl (C=O) groups is 1. The summed E-state index contributed by atoms with van der Waals surface area (Å²) in [7, 11) is 0. The number of nitrogens with one attached hydrogen (secondary N) is 1. The van der Waals surface area contributed by atoms with E-state index in [1.54, 1.807) is 0 Å². The van der Waals surface area contributed by atoms with Crippen LogP contribution >= 0.6 is 0 Å². The van der Waals surface area contributed by atoms with E-state index in [4.69, 9.17) is 5.84 Å². The van der Waals surface area contributed by atoms with E-state index in [-0.39, 0.29) is 5.91 Å². The highest BCUT2D eigenvalue weighted by Crippen LogP contribution is 2.24. The number of carbonyl (C=O) groups excluding carboxylic acids is 1. The average molecular weight is 254 g/mol. The molecule has 2 saturated heterocycles. The van der Waals surface area contributed by atoms with Gasteiger partial charge < -0.3 is 0 Å². The van der Waals surface area contributed by atoms with Crippen molar-refractivity contribution in [2.45, 2.75) is 51.1 Å². The first-order valence-corrected chi connectivity index (χ1v) is 7.18. The number of amides is 1. The van der Waals surface area contributed by atoms with E-state index in [0.29, 0.717) is 12.5 Å². The van der Waals surface area contributed by atoms with Crippen molar-refractivity contribution in [2.24, 2.45) is 5.84 Å². The van der Waals surface area contributed by atoms with Gasteiger partial charge in [-0.05, 0) is 45.7 Å². The lowest BCUT2D eigenvalue weighted by atomic mass is 10.1. The van der Waals surface area contributed by atoms with E-state index >= 15 is 0 Å². The highest BCUT2D eigenvalue weighted by atomic mass is 16.2. The second-order valence-electron chi connectivity index (χ2n) is 5.66. The zero-order chi connectivity index (χ0) is 13.0. The van der Waals surface area contributed by atoms with Crippen LogP contribution in [0.3, 0.4) is 0 Å². The van der Waals surface area contributed by atoms with Gasteiger partial charge >= 0.3 is 0 Å². The summed E-state index contributed by atoms with van der Waals surface area (Å²) in [6.45, 7) is 7.15. The number of piperazine rings is 1. The van der Waals surface area contributed by atoms with E-state index in [9.17, 15) is 4.79 Å². The predicted molar refractivity (Wildman–Crippen MR) is 71.8 cm³/mol. The molecule has 2 unspecified atom stereocenters. The van der Waals surface area contributed by atoms with E-state index in [1.807, 2.05) is 0 Å². The highest BCUT2D eigenvalue weighted by molar-refractivity contribution is 5.75. The van der Waals surface area contributed by atoms with Crippen molar-refractivity contribution in [3.05, 3.63) is 0 Å². The Morgan fingerprint density at radius 3 is 3.00 bits per heavy atom. The number of hydrogen-bond donors (Lipinski definition) is 2. The molecule has 0 aromatic heterocycles. The Morgan fingerprint density at radius 1 is 1.39 bits per heavy atom. The molecule has 2 fully saturated rings. The normalized spacial score (nSPS) is 29.2. The van der Waals surface area contributed by atoms with Gasteiger partial charge in [0.2, 0.25) is 5.91 Å². The van der Waals surface area contributed by atoms with Gasteiger partial charge in [0.15, 0.2) is 0 Å². The molecule has 3 N–H and O–H groups in total. The van der Waals surface area contributed by atoms with Crippen molar-refractivity contribution in [1.82, 2.24) is 15.2 Å². The zero-order valence-corrected chi connectivity index (χ0v) is 11.4. The van der Waals surface area contributed by atoms with Gasteiger partial charge in [-0.15, -0.1) is 0 Å². The van der Waals surface area contributed by atoms with Crippen LogP contribution in [-0.4, -0.2) is 54.0 Å². The molecular formula is C13H26N4O. The Balaban J connectivity index is 1.67. The fraction of sp³-hybridized carbons (Fsp3) is 0.923. The molecule has 0 saturated carbocycles. The molecule has 0 spiro atoms.